The molecule has 0 aromatic heterocycles. The van der Waals surface area contributed by atoms with E-state index in [0.717, 1.165) is 32.1 Å². The summed E-state index contributed by atoms with van der Waals surface area (Å²) in [4.78, 5) is 26.0. The maximum absolute atomic E-state index is 12.3. The molecule has 1 aliphatic heterocycles. The molecule has 2 aliphatic carbocycles. The van der Waals surface area contributed by atoms with Crippen molar-refractivity contribution in [3.05, 3.63) is 0 Å². The second-order valence-corrected chi connectivity index (χ2v) is 6.33. The Hall–Kier alpha value is -0.900. The Balaban J connectivity index is 1.71. The Morgan fingerprint density at radius 1 is 1.17 bits per heavy atom. The van der Waals surface area contributed by atoms with E-state index in [4.69, 9.17) is 0 Å². The van der Waals surface area contributed by atoms with Gasteiger partial charge >= 0.3 is 0 Å². The molecular formula is C14H21NO3. The zero-order chi connectivity index (χ0) is 12.9. The van der Waals surface area contributed by atoms with Gasteiger partial charge in [0.1, 0.15) is 0 Å². The Morgan fingerprint density at radius 3 is 2.28 bits per heavy atom. The molecule has 0 radical (unpaired) electrons. The Bertz CT molecular complexity index is 357. The number of carbonyl (C=O) groups excluding carboxylic acids is 2. The van der Waals surface area contributed by atoms with Gasteiger partial charge in [-0.1, -0.05) is 13.3 Å². The summed E-state index contributed by atoms with van der Waals surface area (Å²) in [5.74, 6) is 0.514. The van der Waals surface area contributed by atoms with Gasteiger partial charge in [0.25, 0.3) is 0 Å². The lowest BCUT2D eigenvalue weighted by molar-refractivity contribution is -0.141. The Labute approximate surface area is 107 Å². The molecule has 0 aromatic rings. The molecule has 1 saturated heterocycles. The lowest BCUT2D eigenvalue weighted by Crippen LogP contribution is -2.38. The number of aliphatic hydroxyl groups excluding tert-OH is 1. The standard InChI is InChI=1S/C14H21NO3/c1-8-5-10-11(6-8)14(18)15(13(10)17)7-9-3-2-4-12(9)16/h8-12,16H,2-7H2,1H3. The van der Waals surface area contributed by atoms with E-state index in [2.05, 4.69) is 6.92 Å². The number of imide groups is 1. The average molecular weight is 251 g/mol. The van der Waals surface area contributed by atoms with Crippen molar-refractivity contribution in [2.24, 2.45) is 23.7 Å². The lowest BCUT2D eigenvalue weighted by atomic mass is 10.00. The van der Waals surface area contributed by atoms with Crippen LogP contribution in [0.4, 0.5) is 0 Å². The van der Waals surface area contributed by atoms with Gasteiger partial charge in [0.05, 0.1) is 17.9 Å². The minimum atomic E-state index is -0.329. The molecule has 4 atom stereocenters. The first-order chi connectivity index (χ1) is 8.58. The van der Waals surface area contributed by atoms with Crippen molar-refractivity contribution in [2.45, 2.75) is 45.1 Å². The number of nitrogens with zero attached hydrogens (tertiary/aromatic N) is 1. The molecule has 4 nitrogen and oxygen atoms in total. The molecule has 1 heterocycles. The first kappa shape index (κ1) is 12.2. The fourth-order valence-electron chi connectivity index (χ4n) is 3.99. The summed E-state index contributed by atoms with van der Waals surface area (Å²) in [5, 5.41) is 9.82. The van der Waals surface area contributed by atoms with Crippen LogP contribution in [-0.2, 0) is 9.59 Å². The number of aliphatic hydroxyl groups is 1. The van der Waals surface area contributed by atoms with Crippen molar-refractivity contribution in [3.8, 4) is 0 Å². The van der Waals surface area contributed by atoms with E-state index in [0.29, 0.717) is 12.5 Å². The van der Waals surface area contributed by atoms with Crippen LogP contribution < -0.4 is 0 Å². The molecule has 0 aromatic carbocycles. The third kappa shape index (κ3) is 1.78. The van der Waals surface area contributed by atoms with Crippen LogP contribution >= 0.6 is 0 Å². The van der Waals surface area contributed by atoms with Crippen molar-refractivity contribution < 1.29 is 14.7 Å². The second-order valence-electron chi connectivity index (χ2n) is 6.33. The highest BCUT2D eigenvalue weighted by molar-refractivity contribution is 6.05. The van der Waals surface area contributed by atoms with Gasteiger partial charge in [0.15, 0.2) is 0 Å². The van der Waals surface area contributed by atoms with Gasteiger partial charge in [-0.05, 0) is 31.6 Å². The largest absolute Gasteiger partial charge is 0.393 e. The van der Waals surface area contributed by atoms with Gasteiger partial charge in [-0.3, -0.25) is 14.5 Å². The molecule has 3 rings (SSSR count). The van der Waals surface area contributed by atoms with Crippen molar-refractivity contribution in [2.75, 3.05) is 6.54 Å². The smallest absolute Gasteiger partial charge is 0.233 e. The summed E-state index contributed by atoms with van der Waals surface area (Å²) in [6.07, 6.45) is 4.14. The summed E-state index contributed by atoms with van der Waals surface area (Å²) in [7, 11) is 0. The zero-order valence-corrected chi connectivity index (χ0v) is 10.8. The van der Waals surface area contributed by atoms with Crippen molar-refractivity contribution in [3.63, 3.8) is 0 Å². The van der Waals surface area contributed by atoms with E-state index < -0.39 is 0 Å². The van der Waals surface area contributed by atoms with E-state index in [9.17, 15) is 14.7 Å². The fraction of sp³-hybridized carbons (Fsp3) is 0.857. The van der Waals surface area contributed by atoms with Gasteiger partial charge < -0.3 is 5.11 Å². The van der Waals surface area contributed by atoms with Gasteiger partial charge in [0, 0.05) is 12.5 Å². The maximum Gasteiger partial charge on any atom is 0.233 e. The van der Waals surface area contributed by atoms with E-state index in [1.54, 1.807) is 0 Å². The third-order valence-corrected chi connectivity index (χ3v) is 5.00. The summed E-state index contributed by atoms with van der Waals surface area (Å²) >= 11 is 0. The van der Waals surface area contributed by atoms with Gasteiger partial charge in [-0.15, -0.1) is 0 Å². The van der Waals surface area contributed by atoms with Crippen LogP contribution in [0.15, 0.2) is 0 Å². The van der Waals surface area contributed by atoms with Crippen LogP contribution in [0.3, 0.4) is 0 Å². The highest BCUT2D eigenvalue weighted by atomic mass is 16.3. The Morgan fingerprint density at radius 2 is 1.78 bits per heavy atom. The molecule has 0 spiro atoms. The number of likely N-dealkylation sites (tertiary alicyclic amines) is 1. The number of hydrogen-bond donors (Lipinski definition) is 1. The first-order valence-electron chi connectivity index (χ1n) is 7.11. The SMILES string of the molecule is CC1CC2C(=O)N(CC3CCCC3O)C(=O)C2C1. The number of amides is 2. The molecule has 2 amide bonds. The summed E-state index contributed by atoms with van der Waals surface area (Å²) in [5.41, 5.74) is 0. The quantitative estimate of drug-likeness (QED) is 0.750. The van der Waals surface area contributed by atoms with Crippen molar-refractivity contribution in [1.29, 1.82) is 0 Å². The van der Waals surface area contributed by atoms with E-state index >= 15 is 0 Å². The second kappa shape index (κ2) is 4.34. The summed E-state index contributed by atoms with van der Waals surface area (Å²) in [6, 6.07) is 0. The number of carbonyl (C=O) groups is 2. The maximum atomic E-state index is 12.3. The minimum absolute atomic E-state index is 0.0217. The minimum Gasteiger partial charge on any atom is -0.393 e. The molecule has 100 valence electrons. The van der Waals surface area contributed by atoms with Crippen LogP contribution in [0, 0.1) is 23.7 Å². The average Bonchev–Trinajstić information content (AvgIpc) is 2.95. The molecule has 4 heteroatoms. The topological polar surface area (TPSA) is 57.6 Å². The summed E-state index contributed by atoms with van der Waals surface area (Å²) < 4.78 is 0. The van der Waals surface area contributed by atoms with Crippen LogP contribution in [0.5, 0.6) is 0 Å². The highest BCUT2D eigenvalue weighted by Gasteiger charge is 2.52. The normalized spacial score (nSPS) is 43.9. The molecule has 4 unspecified atom stereocenters. The van der Waals surface area contributed by atoms with E-state index in [1.807, 2.05) is 0 Å². The first-order valence-corrected chi connectivity index (χ1v) is 7.11. The zero-order valence-electron chi connectivity index (χ0n) is 10.8. The van der Waals surface area contributed by atoms with Gasteiger partial charge in [-0.2, -0.15) is 0 Å². The van der Waals surface area contributed by atoms with Crippen molar-refractivity contribution in [1.82, 2.24) is 4.90 Å². The number of fused-ring (bicyclic) bond motifs is 1. The molecule has 1 N–H and O–H groups in total. The molecule has 0 bridgehead atoms. The molecular weight excluding hydrogens is 230 g/mol. The van der Waals surface area contributed by atoms with Gasteiger partial charge in [0.2, 0.25) is 11.8 Å². The molecule has 3 aliphatic rings. The molecule has 2 saturated carbocycles. The number of hydrogen-bond acceptors (Lipinski definition) is 3. The predicted molar refractivity (Wildman–Crippen MR) is 65.4 cm³/mol. The van der Waals surface area contributed by atoms with E-state index in [1.165, 1.54) is 4.90 Å². The Kier molecular flexibility index (Phi) is 2.93. The fourth-order valence-corrected chi connectivity index (χ4v) is 3.99. The predicted octanol–water partition coefficient (Wildman–Crippen LogP) is 1.18. The monoisotopic (exact) mass is 251 g/mol. The highest BCUT2D eigenvalue weighted by Crippen LogP contribution is 2.43. The van der Waals surface area contributed by atoms with Gasteiger partial charge in [-0.25, -0.2) is 0 Å². The van der Waals surface area contributed by atoms with Crippen LogP contribution in [0.25, 0.3) is 0 Å². The summed E-state index contributed by atoms with van der Waals surface area (Å²) in [6.45, 7) is 2.56. The van der Waals surface area contributed by atoms with Crippen LogP contribution in [0.1, 0.15) is 39.0 Å². The van der Waals surface area contributed by atoms with Crippen LogP contribution in [0.2, 0.25) is 0 Å². The van der Waals surface area contributed by atoms with E-state index in [-0.39, 0.29) is 35.7 Å². The lowest BCUT2D eigenvalue weighted by Gasteiger charge is -2.22. The molecule has 3 fully saturated rings. The molecule has 18 heavy (non-hydrogen) atoms. The third-order valence-electron chi connectivity index (χ3n) is 5.00. The van der Waals surface area contributed by atoms with Crippen LogP contribution in [-0.4, -0.2) is 34.5 Å². The van der Waals surface area contributed by atoms with Crippen molar-refractivity contribution >= 4 is 11.8 Å². The number of rotatable bonds is 2.